The molecule has 0 aromatic heterocycles. The zero-order valence-corrected chi connectivity index (χ0v) is 13.2. The standard InChI is InChI=1S/C16H24N2O2.ClH/c17-10-4-7-14-8-11-18(12-9-14)16(19)20-13-15-5-2-1-3-6-15;/h1-3,5-6,14H,4,7-13,17H2;1H. The summed E-state index contributed by atoms with van der Waals surface area (Å²) in [6, 6.07) is 9.79. The van der Waals surface area contributed by atoms with Crippen LogP contribution in [-0.4, -0.2) is 30.6 Å². The number of halogens is 1. The SMILES string of the molecule is Cl.NCCCC1CCN(C(=O)OCc2ccccc2)CC1. The molecular formula is C16H25ClN2O2. The summed E-state index contributed by atoms with van der Waals surface area (Å²) in [7, 11) is 0. The molecule has 1 amide bonds. The van der Waals surface area contributed by atoms with Crippen molar-refractivity contribution >= 4 is 18.5 Å². The molecule has 0 unspecified atom stereocenters. The summed E-state index contributed by atoms with van der Waals surface area (Å²) in [4.78, 5) is 13.8. The van der Waals surface area contributed by atoms with Crippen LogP contribution in [0.5, 0.6) is 0 Å². The highest BCUT2D eigenvalue weighted by atomic mass is 35.5. The van der Waals surface area contributed by atoms with Crippen molar-refractivity contribution in [2.24, 2.45) is 11.7 Å². The van der Waals surface area contributed by atoms with Crippen LogP contribution < -0.4 is 5.73 Å². The summed E-state index contributed by atoms with van der Waals surface area (Å²) >= 11 is 0. The third-order valence-electron chi connectivity index (χ3n) is 3.89. The van der Waals surface area contributed by atoms with Gasteiger partial charge in [-0.1, -0.05) is 30.3 Å². The van der Waals surface area contributed by atoms with Crippen LogP contribution in [0.15, 0.2) is 30.3 Å². The van der Waals surface area contributed by atoms with Gasteiger partial charge in [-0.25, -0.2) is 4.79 Å². The van der Waals surface area contributed by atoms with E-state index in [-0.39, 0.29) is 18.5 Å². The molecule has 0 atom stereocenters. The van der Waals surface area contributed by atoms with Gasteiger partial charge in [-0.15, -0.1) is 12.4 Å². The Bertz CT molecular complexity index is 406. The predicted octanol–water partition coefficient (Wildman–Crippen LogP) is 3.20. The number of carbonyl (C=O) groups is 1. The Morgan fingerprint density at radius 3 is 2.52 bits per heavy atom. The Kier molecular flexibility index (Phi) is 8.16. The van der Waals surface area contributed by atoms with E-state index >= 15 is 0 Å². The minimum Gasteiger partial charge on any atom is -0.445 e. The van der Waals surface area contributed by atoms with E-state index in [9.17, 15) is 4.79 Å². The third-order valence-corrected chi connectivity index (χ3v) is 3.89. The number of ether oxygens (including phenoxy) is 1. The van der Waals surface area contributed by atoms with E-state index in [0.29, 0.717) is 6.61 Å². The summed E-state index contributed by atoms with van der Waals surface area (Å²) in [6.07, 6.45) is 4.22. The molecule has 0 aliphatic carbocycles. The fraction of sp³-hybridized carbons (Fsp3) is 0.562. The predicted molar refractivity (Wildman–Crippen MR) is 86.5 cm³/mol. The zero-order chi connectivity index (χ0) is 14.2. The smallest absolute Gasteiger partial charge is 0.410 e. The highest BCUT2D eigenvalue weighted by Gasteiger charge is 2.23. The van der Waals surface area contributed by atoms with Crippen molar-refractivity contribution in [3.63, 3.8) is 0 Å². The van der Waals surface area contributed by atoms with Crippen molar-refractivity contribution in [2.75, 3.05) is 19.6 Å². The van der Waals surface area contributed by atoms with Gasteiger partial charge in [0.2, 0.25) is 0 Å². The Hall–Kier alpha value is -1.26. The van der Waals surface area contributed by atoms with Crippen molar-refractivity contribution in [2.45, 2.75) is 32.3 Å². The molecule has 21 heavy (non-hydrogen) atoms. The van der Waals surface area contributed by atoms with Gasteiger partial charge >= 0.3 is 6.09 Å². The lowest BCUT2D eigenvalue weighted by Gasteiger charge is -2.31. The largest absolute Gasteiger partial charge is 0.445 e. The van der Waals surface area contributed by atoms with E-state index in [1.807, 2.05) is 35.2 Å². The summed E-state index contributed by atoms with van der Waals surface area (Å²) in [5.41, 5.74) is 6.56. The van der Waals surface area contributed by atoms with Crippen molar-refractivity contribution < 1.29 is 9.53 Å². The van der Waals surface area contributed by atoms with Gasteiger partial charge in [-0.2, -0.15) is 0 Å². The molecule has 1 aromatic rings. The number of piperidine rings is 1. The van der Waals surface area contributed by atoms with Crippen molar-refractivity contribution in [1.29, 1.82) is 0 Å². The van der Waals surface area contributed by atoms with Crippen LogP contribution in [-0.2, 0) is 11.3 Å². The molecular weight excluding hydrogens is 288 g/mol. The van der Waals surface area contributed by atoms with Crippen LogP contribution in [0.2, 0.25) is 0 Å². The van der Waals surface area contributed by atoms with Gasteiger partial charge in [0.25, 0.3) is 0 Å². The highest BCUT2D eigenvalue weighted by molar-refractivity contribution is 5.85. The molecule has 1 fully saturated rings. The number of carbonyl (C=O) groups excluding carboxylic acids is 1. The molecule has 5 heteroatoms. The van der Waals surface area contributed by atoms with E-state index in [4.69, 9.17) is 10.5 Å². The fourth-order valence-corrected chi connectivity index (χ4v) is 2.62. The van der Waals surface area contributed by atoms with Crippen LogP contribution in [0.25, 0.3) is 0 Å². The molecule has 4 nitrogen and oxygen atoms in total. The van der Waals surface area contributed by atoms with Crippen LogP contribution in [0, 0.1) is 5.92 Å². The second kappa shape index (κ2) is 9.64. The molecule has 0 spiro atoms. The lowest BCUT2D eigenvalue weighted by Crippen LogP contribution is -2.38. The summed E-state index contributed by atoms with van der Waals surface area (Å²) in [6.45, 7) is 2.73. The van der Waals surface area contributed by atoms with E-state index < -0.39 is 0 Å². The molecule has 2 rings (SSSR count). The van der Waals surface area contributed by atoms with E-state index in [2.05, 4.69) is 0 Å². The lowest BCUT2D eigenvalue weighted by atomic mass is 9.92. The fourth-order valence-electron chi connectivity index (χ4n) is 2.62. The minimum atomic E-state index is -0.189. The Labute approximate surface area is 133 Å². The maximum Gasteiger partial charge on any atom is 0.410 e. The van der Waals surface area contributed by atoms with Crippen LogP contribution in [0.3, 0.4) is 0 Å². The quantitative estimate of drug-likeness (QED) is 0.908. The monoisotopic (exact) mass is 312 g/mol. The van der Waals surface area contributed by atoms with E-state index in [0.717, 1.165) is 50.4 Å². The van der Waals surface area contributed by atoms with E-state index in [1.165, 1.54) is 6.42 Å². The first-order chi connectivity index (χ1) is 9.79. The van der Waals surface area contributed by atoms with Gasteiger partial charge in [0.15, 0.2) is 0 Å². The van der Waals surface area contributed by atoms with Crippen LogP contribution in [0.4, 0.5) is 4.79 Å². The summed E-state index contributed by atoms with van der Waals surface area (Å²) < 4.78 is 5.35. The average Bonchev–Trinajstić information content (AvgIpc) is 2.52. The molecule has 118 valence electrons. The molecule has 0 bridgehead atoms. The zero-order valence-electron chi connectivity index (χ0n) is 12.4. The lowest BCUT2D eigenvalue weighted by molar-refractivity contribution is 0.0814. The van der Waals surface area contributed by atoms with Gasteiger partial charge in [0.05, 0.1) is 0 Å². The molecule has 1 aromatic carbocycles. The Balaban J connectivity index is 0.00000220. The number of rotatable bonds is 5. The Morgan fingerprint density at radius 1 is 1.24 bits per heavy atom. The number of hydrogen-bond donors (Lipinski definition) is 1. The third kappa shape index (κ3) is 5.94. The molecule has 0 radical (unpaired) electrons. The van der Waals surface area contributed by atoms with Crippen LogP contribution >= 0.6 is 12.4 Å². The first-order valence-corrected chi connectivity index (χ1v) is 7.45. The number of benzene rings is 1. The normalized spacial score (nSPS) is 15.4. The second-order valence-corrected chi connectivity index (χ2v) is 5.40. The maximum absolute atomic E-state index is 12.0. The van der Waals surface area contributed by atoms with E-state index in [1.54, 1.807) is 0 Å². The highest BCUT2D eigenvalue weighted by Crippen LogP contribution is 2.22. The molecule has 1 heterocycles. The number of likely N-dealkylation sites (tertiary alicyclic amines) is 1. The molecule has 0 saturated carbocycles. The number of amides is 1. The van der Waals surface area contributed by atoms with Crippen molar-refractivity contribution in [3.05, 3.63) is 35.9 Å². The van der Waals surface area contributed by atoms with Gasteiger partial charge in [0, 0.05) is 13.1 Å². The van der Waals surface area contributed by atoms with Gasteiger partial charge in [-0.05, 0) is 43.7 Å². The van der Waals surface area contributed by atoms with Gasteiger partial charge < -0.3 is 15.4 Å². The molecule has 1 aliphatic rings. The molecule has 1 aliphatic heterocycles. The van der Waals surface area contributed by atoms with Gasteiger partial charge in [-0.3, -0.25) is 0 Å². The number of hydrogen-bond acceptors (Lipinski definition) is 3. The van der Waals surface area contributed by atoms with Crippen molar-refractivity contribution in [1.82, 2.24) is 4.90 Å². The topological polar surface area (TPSA) is 55.6 Å². The van der Waals surface area contributed by atoms with Crippen molar-refractivity contribution in [3.8, 4) is 0 Å². The second-order valence-electron chi connectivity index (χ2n) is 5.40. The first kappa shape index (κ1) is 17.8. The summed E-state index contributed by atoms with van der Waals surface area (Å²) in [5.74, 6) is 0.719. The maximum atomic E-state index is 12.0. The van der Waals surface area contributed by atoms with Gasteiger partial charge in [0.1, 0.15) is 6.61 Å². The first-order valence-electron chi connectivity index (χ1n) is 7.45. The molecule has 2 N–H and O–H groups in total. The molecule has 1 saturated heterocycles. The minimum absolute atomic E-state index is 0. The average molecular weight is 313 g/mol. The number of nitrogens with two attached hydrogens (primary N) is 1. The summed E-state index contributed by atoms with van der Waals surface area (Å²) in [5, 5.41) is 0. The number of nitrogens with zero attached hydrogens (tertiary/aromatic N) is 1. The van der Waals surface area contributed by atoms with Crippen LogP contribution in [0.1, 0.15) is 31.2 Å². The Morgan fingerprint density at radius 2 is 1.90 bits per heavy atom.